The number of carboxylic acid groups (broad SMARTS) is 1. The minimum atomic E-state index is -1.06. The van der Waals surface area contributed by atoms with E-state index in [2.05, 4.69) is 15.0 Å². The zero-order valence-corrected chi connectivity index (χ0v) is 16.8. The van der Waals surface area contributed by atoms with Crippen molar-refractivity contribution in [3.8, 4) is 22.9 Å². The van der Waals surface area contributed by atoms with E-state index in [1.54, 1.807) is 48.8 Å². The number of aromatic amines is 2. The number of H-pyrrole nitrogens is 2. The van der Waals surface area contributed by atoms with Gasteiger partial charge in [-0.1, -0.05) is 42.5 Å². The molecule has 158 valence electrons. The molecule has 0 bridgehead atoms. The Hall–Kier alpha value is -4.36. The summed E-state index contributed by atoms with van der Waals surface area (Å²) in [6, 6.07) is 21.6. The van der Waals surface area contributed by atoms with Crippen LogP contribution in [0.5, 0.6) is 11.5 Å². The third-order valence-electron chi connectivity index (χ3n) is 5.24. The van der Waals surface area contributed by atoms with Gasteiger partial charge in [0.05, 0.1) is 5.69 Å². The van der Waals surface area contributed by atoms with Crippen molar-refractivity contribution >= 4 is 16.9 Å². The van der Waals surface area contributed by atoms with Crippen molar-refractivity contribution in [1.29, 1.82) is 0 Å². The number of nitrogens with one attached hydrogen (secondary N) is 2. The van der Waals surface area contributed by atoms with Gasteiger partial charge >= 0.3 is 5.97 Å². The highest BCUT2D eigenvalue weighted by Crippen LogP contribution is 2.33. The van der Waals surface area contributed by atoms with E-state index in [0.29, 0.717) is 22.7 Å². The smallest absolute Gasteiger partial charge is 0.340 e. The largest absolute Gasteiger partial charge is 0.478 e. The van der Waals surface area contributed by atoms with E-state index in [0.717, 1.165) is 16.6 Å². The number of benzene rings is 3. The molecule has 7 heteroatoms. The number of aromatic nitrogens is 3. The third kappa shape index (κ3) is 3.61. The Morgan fingerprint density at radius 2 is 1.81 bits per heavy atom. The number of rotatable bonds is 6. The maximum Gasteiger partial charge on any atom is 0.340 e. The van der Waals surface area contributed by atoms with Crippen LogP contribution in [0.3, 0.4) is 0 Å². The number of aromatic carboxylic acids is 1. The highest BCUT2D eigenvalue weighted by Gasteiger charge is 2.18. The van der Waals surface area contributed by atoms with Gasteiger partial charge in [0, 0.05) is 28.9 Å². The molecule has 0 radical (unpaired) electrons. The van der Waals surface area contributed by atoms with Crippen LogP contribution in [0.15, 0.2) is 85.2 Å². The summed E-state index contributed by atoms with van der Waals surface area (Å²) in [7, 11) is 0. The number of ether oxygens (including phenoxy) is 1. The summed E-state index contributed by atoms with van der Waals surface area (Å²) in [5, 5.41) is 20.9. The van der Waals surface area contributed by atoms with Gasteiger partial charge in [-0.25, -0.2) is 9.78 Å². The predicted molar refractivity (Wildman–Crippen MR) is 120 cm³/mol. The van der Waals surface area contributed by atoms with Gasteiger partial charge < -0.3 is 24.9 Å². The Kier molecular flexibility index (Phi) is 4.93. The average molecular weight is 425 g/mol. The van der Waals surface area contributed by atoms with E-state index < -0.39 is 12.1 Å². The molecule has 1 atom stereocenters. The van der Waals surface area contributed by atoms with Gasteiger partial charge in [0.25, 0.3) is 0 Å². The number of hydrogen-bond donors (Lipinski definition) is 4. The molecule has 5 rings (SSSR count). The van der Waals surface area contributed by atoms with E-state index in [4.69, 9.17) is 4.74 Å². The van der Waals surface area contributed by atoms with Gasteiger partial charge in [0.2, 0.25) is 0 Å². The van der Waals surface area contributed by atoms with E-state index in [-0.39, 0.29) is 11.3 Å². The van der Waals surface area contributed by atoms with Crippen LogP contribution in [-0.4, -0.2) is 31.1 Å². The number of carbonyl (C=O) groups is 1. The standard InChI is InChI=1S/C25H19N3O4/c29-23(15-5-2-1-3-6-15)20-14-27-24(28-20)16-7-4-8-17(13-16)32-21-10-9-19-18(11-12-26-19)22(21)25(30)31/h1-14,23,26,29H,(H,27,28)(H,30,31). The lowest BCUT2D eigenvalue weighted by Crippen LogP contribution is -2.01. The maximum atomic E-state index is 11.9. The van der Waals surface area contributed by atoms with Crippen molar-refractivity contribution in [3.63, 3.8) is 0 Å². The summed E-state index contributed by atoms with van der Waals surface area (Å²) in [5.74, 6) is 0.231. The fourth-order valence-corrected chi connectivity index (χ4v) is 3.68. The monoisotopic (exact) mass is 425 g/mol. The summed E-state index contributed by atoms with van der Waals surface area (Å²) in [6.45, 7) is 0. The number of hydrogen-bond acceptors (Lipinski definition) is 4. The van der Waals surface area contributed by atoms with Crippen LogP contribution in [0.2, 0.25) is 0 Å². The molecule has 0 amide bonds. The van der Waals surface area contributed by atoms with Crippen LogP contribution < -0.4 is 4.74 Å². The SMILES string of the molecule is O=C(O)c1c(Oc2cccc(-c3nc(C(O)c4ccccc4)c[nH]3)c2)ccc2[nH]ccc12. The topological polar surface area (TPSA) is 111 Å². The van der Waals surface area contributed by atoms with Crippen molar-refractivity contribution in [1.82, 2.24) is 15.0 Å². The molecule has 0 spiro atoms. The second kappa shape index (κ2) is 8.05. The van der Waals surface area contributed by atoms with Gasteiger partial charge in [0.1, 0.15) is 29.0 Å². The van der Waals surface area contributed by atoms with Crippen molar-refractivity contribution in [2.24, 2.45) is 0 Å². The molecule has 0 fully saturated rings. The molecule has 5 aromatic rings. The second-order valence-corrected chi connectivity index (χ2v) is 7.30. The Bertz CT molecular complexity index is 1410. The van der Waals surface area contributed by atoms with Crippen LogP contribution in [0, 0.1) is 0 Å². The van der Waals surface area contributed by atoms with E-state index in [9.17, 15) is 15.0 Å². The Morgan fingerprint density at radius 1 is 0.969 bits per heavy atom. The first kappa shape index (κ1) is 19.6. The molecule has 32 heavy (non-hydrogen) atoms. The number of nitrogens with zero attached hydrogens (tertiary/aromatic N) is 1. The van der Waals surface area contributed by atoms with Crippen LogP contribution in [0.1, 0.15) is 27.7 Å². The molecule has 0 aliphatic rings. The van der Waals surface area contributed by atoms with Gasteiger partial charge in [-0.2, -0.15) is 0 Å². The predicted octanol–water partition coefficient (Wildman–Crippen LogP) is 5.13. The Labute approximate surface area is 183 Å². The first-order valence-corrected chi connectivity index (χ1v) is 10.00. The summed E-state index contributed by atoms with van der Waals surface area (Å²) in [6.07, 6.45) is 2.52. The van der Waals surface area contributed by atoms with Crippen LogP contribution in [-0.2, 0) is 0 Å². The van der Waals surface area contributed by atoms with Crippen molar-refractivity contribution in [3.05, 3.63) is 102 Å². The lowest BCUT2D eigenvalue weighted by Gasteiger charge is -2.10. The molecule has 0 saturated heterocycles. The number of imidazole rings is 1. The minimum absolute atomic E-state index is 0.0976. The van der Waals surface area contributed by atoms with Gasteiger partial charge in [-0.15, -0.1) is 0 Å². The fourth-order valence-electron chi connectivity index (χ4n) is 3.68. The Balaban J connectivity index is 1.44. The normalized spacial score (nSPS) is 12.0. The zero-order chi connectivity index (χ0) is 22.1. The maximum absolute atomic E-state index is 11.9. The summed E-state index contributed by atoms with van der Waals surface area (Å²) in [4.78, 5) is 22.5. The second-order valence-electron chi connectivity index (χ2n) is 7.30. The third-order valence-corrected chi connectivity index (χ3v) is 5.24. The number of aliphatic hydroxyl groups excluding tert-OH is 1. The molecule has 0 aliphatic heterocycles. The van der Waals surface area contributed by atoms with Crippen LogP contribution in [0.4, 0.5) is 0 Å². The zero-order valence-electron chi connectivity index (χ0n) is 16.8. The van der Waals surface area contributed by atoms with Crippen molar-refractivity contribution < 1.29 is 19.7 Å². The first-order chi connectivity index (χ1) is 15.6. The number of fused-ring (bicyclic) bond motifs is 1. The number of carboxylic acids is 1. The van der Waals surface area contributed by atoms with Gasteiger partial charge in [-0.3, -0.25) is 0 Å². The molecule has 2 aromatic heterocycles. The van der Waals surface area contributed by atoms with Gasteiger partial charge in [-0.05, 0) is 35.9 Å². The summed E-state index contributed by atoms with van der Waals surface area (Å²) >= 11 is 0. The Morgan fingerprint density at radius 3 is 2.62 bits per heavy atom. The van der Waals surface area contributed by atoms with Crippen molar-refractivity contribution in [2.45, 2.75) is 6.10 Å². The lowest BCUT2D eigenvalue weighted by molar-refractivity contribution is 0.0696. The summed E-state index contributed by atoms with van der Waals surface area (Å²) in [5.41, 5.74) is 2.82. The fraction of sp³-hybridized carbons (Fsp3) is 0.0400. The molecule has 3 aromatic carbocycles. The molecule has 2 heterocycles. The highest BCUT2D eigenvalue weighted by atomic mass is 16.5. The van der Waals surface area contributed by atoms with Gasteiger partial charge in [0.15, 0.2) is 0 Å². The van der Waals surface area contributed by atoms with E-state index in [1.807, 2.05) is 36.4 Å². The van der Waals surface area contributed by atoms with E-state index >= 15 is 0 Å². The average Bonchev–Trinajstić information content (AvgIpc) is 3.49. The molecule has 0 aliphatic carbocycles. The molecular weight excluding hydrogens is 406 g/mol. The molecule has 0 saturated carbocycles. The lowest BCUT2D eigenvalue weighted by atomic mass is 10.1. The molecule has 7 nitrogen and oxygen atoms in total. The quantitative estimate of drug-likeness (QED) is 0.301. The highest BCUT2D eigenvalue weighted by molar-refractivity contribution is 6.05. The molecule has 1 unspecified atom stereocenters. The van der Waals surface area contributed by atoms with Crippen LogP contribution in [0.25, 0.3) is 22.3 Å². The first-order valence-electron chi connectivity index (χ1n) is 10.00. The summed E-state index contributed by atoms with van der Waals surface area (Å²) < 4.78 is 5.95. The van der Waals surface area contributed by atoms with Crippen molar-refractivity contribution in [2.75, 3.05) is 0 Å². The van der Waals surface area contributed by atoms with E-state index in [1.165, 1.54) is 0 Å². The minimum Gasteiger partial charge on any atom is -0.478 e. The number of aliphatic hydroxyl groups is 1. The molecule has 4 N–H and O–H groups in total. The molecular formula is C25H19N3O4. The van der Waals surface area contributed by atoms with Crippen LogP contribution >= 0.6 is 0 Å².